The number of anilines is 1. The summed E-state index contributed by atoms with van der Waals surface area (Å²) in [6, 6.07) is 0.0538. The number of rotatable bonds is 6. The van der Waals surface area contributed by atoms with Crippen molar-refractivity contribution in [1.29, 1.82) is 0 Å². The van der Waals surface area contributed by atoms with E-state index in [0.717, 1.165) is 43.9 Å². The summed E-state index contributed by atoms with van der Waals surface area (Å²) in [7, 11) is 3.89. The summed E-state index contributed by atoms with van der Waals surface area (Å²) in [5, 5.41) is 0. The predicted octanol–water partition coefficient (Wildman–Crippen LogP) is 1.88. The van der Waals surface area contributed by atoms with E-state index in [1.807, 2.05) is 34.7 Å². The number of carbonyl (C=O) groups excluding carboxylic acids is 1. The molecule has 3 rings (SSSR count). The van der Waals surface area contributed by atoms with Crippen LogP contribution in [0.1, 0.15) is 37.4 Å². The summed E-state index contributed by atoms with van der Waals surface area (Å²) < 4.78 is 2.00. The third-order valence-electron chi connectivity index (χ3n) is 4.38. The number of hydrogen-bond donors (Lipinski definition) is 0. The molecule has 1 aliphatic rings. The molecule has 0 saturated carbocycles. The van der Waals surface area contributed by atoms with Crippen molar-refractivity contribution in [3.63, 3.8) is 0 Å². The summed E-state index contributed by atoms with van der Waals surface area (Å²) in [6.07, 6.45) is 12.3. The van der Waals surface area contributed by atoms with E-state index in [0.29, 0.717) is 6.42 Å². The van der Waals surface area contributed by atoms with Crippen LogP contribution in [0.5, 0.6) is 0 Å². The van der Waals surface area contributed by atoms with Crippen LogP contribution in [0, 0.1) is 0 Å². The van der Waals surface area contributed by atoms with Gasteiger partial charge < -0.3 is 14.4 Å². The molecule has 7 heteroatoms. The molecule has 0 bridgehead atoms. The van der Waals surface area contributed by atoms with E-state index in [9.17, 15) is 4.79 Å². The van der Waals surface area contributed by atoms with Gasteiger partial charge >= 0.3 is 0 Å². The molecule has 2 aromatic heterocycles. The minimum atomic E-state index is 0.0538. The highest BCUT2D eigenvalue weighted by molar-refractivity contribution is 5.77. The monoisotopic (exact) mass is 328 g/mol. The number of carbonyl (C=O) groups is 1. The van der Waals surface area contributed by atoms with Crippen LogP contribution >= 0.6 is 0 Å². The number of hydrogen-bond acceptors (Lipinski definition) is 5. The summed E-state index contributed by atoms with van der Waals surface area (Å²) >= 11 is 0. The molecule has 1 atom stereocenters. The number of aryl methyl sites for hydroxylation is 1. The van der Waals surface area contributed by atoms with Gasteiger partial charge in [-0.1, -0.05) is 0 Å². The van der Waals surface area contributed by atoms with Crippen molar-refractivity contribution in [1.82, 2.24) is 24.4 Å². The minimum Gasteiger partial charge on any atom is -0.361 e. The van der Waals surface area contributed by atoms with E-state index in [1.54, 1.807) is 24.9 Å². The molecule has 24 heavy (non-hydrogen) atoms. The fraction of sp³-hybridized carbons (Fsp3) is 0.529. The Balaban J connectivity index is 1.62. The zero-order valence-corrected chi connectivity index (χ0v) is 14.3. The van der Waals surface area contributed by atoms with Gasteiger partial charge in [0, 0.05) is 46.0 Å². The van der Waals surface area contributed by atoms with E-state index < -0.39 is 0 Å². The van der Waals surface area contributed by atoms with Gasteiger partial charge in [-0.3, -0.25) is 9.78 Å². The van der Waals surface area contributed by atoms with Crippen molar-refractivity contribution in [3.05, 3.63) is 36.8 Å². The largest absolute Gasteiger partial charge is 0.361 e. The van der Waals surface area contributed by atoms with Gasteiger partial charge in [0.15, 0.2) is 0 Å². The predicted molar refractivity (Wildman–Crippen MR) is 91.5 cm³/mol. The molecule has 0 aromatic carbocycles. The number of nitrogens with zero attached hydrogens (tertiary/aromatic N) is 6. The van der Waals surface area contributed by atoms with E-state index in [1.165, 1.54) is 0 Å². The normalized spacial score (nSPS) is 17.2. The summed E-state index contributed by atoms with van der Waals surface area (Å²) in [5.74, 6) is 1.03. The Morgan fingerprint density at radius 3 is 2.96 bits per heavy atom. The van der Waals surface area contributed by atoms with E-state index >= 15 is 0 Å². The van der Waals surface area contributed by atoms with Gasteiger partial charge in [-0.25, -0.2) is 9.97 Å². The molecule has 3 heterocycles. The van der Waals surface area contributed by atoms with Crippen LogP contribution in [-0.2, 0) is 11.3 Å². The van der Waals surface area contributed by atoms with Gasteiger partial charge in [-0.2, -0.15) is 0 Å². The first kappa shape index (κ1) is 16.4. The Bertz CT molecular complexity index is 669. The zero-order valence-electron chi connectivity index (χ0n) is 14.3. The summed E-state index contributed by atoms with van der Waals surface area (Å²) in [5.41, 5.74) is 0.890. The lowest BCUT2D eigenvalue weighted by atomic mass is 10.1. The molecule has 1 amide bonds. The SMILES string of the molecule is CN(C)c1cncc(C2CCCN2C(=O)CCCn2ccnc2)n1. The van der Waals surface area contributed by atoms with Gasteiger partial charge in [-0.15, -0.1) is 0 Å². The molecule has 0 spiro atoms. The molecule has 2 aromatic rings. The second-order valence-corrected chi connectivity index (χ2v) is 6.35. The van der Waals surface area contributed by atoms with Crippen LogP contribution in [0.4, 0.5) is 5.82 Å². The topological polar surface area (TPSA) is 67.2 Å². The lowest BCUT2D eigenvalue weighted by molar-refractivity contribution is -0.132. The average Bonchev–Trinajstić information content (AvgIpc) is 3.26. The second kappa shape index (κ2) is 7.42. The molecule has 0 aliphatic carbocycles. The Morgan fingerprint density at radius 1 is 1.33 bits per heavy atom. The van der Waals surface area contributed by atoms with Gasteiger partial charge in [0.05, 0.1) is 30.5 Å². The quantitative estimate of drug-likeness (QED) is 0.810. The van der Waals surface area contributed by atoms with E-state index in [2.05, 4.69) is 15.0 Å². The standard InChI is InChI=1S/C17H24N6O/c1-21(2)16-12-19-11-14(20-16)15-5-3-9-23(15)17(24)6-4-8-22-10-7-18-13-22/h7,10-13,15H,3-6,8-9H2,1-2H3. The van der Waals surface area contributed by atoms with E-state index in [4.69, 9.17) is 0 Å². The lowest BCUT2D eigenvalue weighted by Gasteiger charge is -2.25. The number of likely N-dealkylation sites (tertiary alicyclic amines) is 1. The Morgan fingerprint density at radius 2 is 2.21 bits per heavy atom. The fourth-order valence-electron chi connectivity index (χ4n) is 3.09. The molecule has 128 valence electrons. The minimum absolute atomic E-state index is 0.0538. The van der Waals surface area contributed by atoms with Crippen molar-refractivity contribution in [3.8, 4) is 0 Å². The smallest absolute Gasteiger partial charge is 0.223 e. The summed E-state index contributed by atoms with van der Waals surface area (Å²) in [4.78, 5) is 29.5. The Hall–Kier alpha value is -2.44. The number of imidazole rings is 1. The van der Waals surface area contributed by atoms with Crippen molar-refractivity contribution in [2.45, 2.75) is 38.3 Å². The highest BCUT2D eigenvalue weighted by Crippen LogP contribution is 2.31. The van der Waals surface area contributed by atoms with Crippen molar-refractivity contribution >= 4 is 11.7 Å². The second-order valence-electron chi connectivity index (χ2n) is 6.35. The van der Waals surface area contributed by atoms with Crippen LogP contribution in [-0.4, -0.2) is 51.0 Å². The first-order chi connectivity index (χ1) is 11.6. The molecular weight excluding hydrogens is 304 g/mol. The van der Waals surface area contributed by atoms with Crippen LogP contribution in [0.15, 0.2) is 31.1 Å². The molecular formula is C17H24N6O. The third-order valence-corrected chi connectivity index (χ3v) is 4.38. The van der Waals surface area contributed by atoms with Gasteiger partial charge in [0.2, 0.25) is 5.91 Å². The molecule has 0 radical (unpaired) electrons. The van der Waals surface area contributed by atoms with Crippen LogP contribution in [0.2, 0.25) is 0 Å². The molecule has 1 saturated heterocycles. The highest BCUT2D eigenvalue weighted by atomic mass is 16.2. The highest BCUT2D eigenvalue weighted by Gasteiger charge is 2.30. The van der Waals surface area contributed by atoms with Gasteiger partial charge in [-0.05, 0) is 19.3 Å². The molecule has 0 N–H and O–H groups in total. The lowest BCUT2D eigenvalue weighted by Crippen LogP contribution is -2.31. The number of amides is 1. The Kier molecular flexibility index (Phi) is 5.08. The summed E-state index contributed by atoms with van der Waals surface area (Å²) in [6.45, 7) is 1.63. The number of aromatic nitrogens is 4. The molecule has 1 aliphatic heterocycles. The van der Waals surface area contributed by atoms with Crippen LogP contribution in [0.3, 0.4) is 0 Å². The molecule has 1 fully saturated rings. The Labute approximate surface area is 142 Å². The first-order valence-corrected chi connectivity index (χ1v) is 8.39. The van der Waals surface area contributed by atoms with Gasteiger partial charge in [0.1, 0.15) is 5.82 Å². The van der Waals surface area contributed by atoms with Gasteiger partial charge in [0.25, 0.3) is 0 Å². The zero-order chi connectivity index (χ0) is 16.9. The van der Waals surface area contributed by atoms with Crippen molar-refractivity contribution in [2.75, 3.05) is 25.5 Å². The van der Waals surface area contributed by atoms with E-state index in [-0.39, 0.29) is 11.9 Å². The van der Waals surface area contributed by atoms with Crippen LogP contribution in [0.25, 0.3) is 0 Å². The van der Waals surface area contributed by atoms with Crippen molar-refractivity contribution in [2.24, 2.45) is 0 Å². The fourth-order valence-corrected chi connectivity index (χ4v) is 3.09. The maximum absolute atomic E-state index is 12.6. The van der Waals surface area contributed by atoms with Crippen LogP contribution < -0.4 is 4.90 Å². The maximum Gasteiger partial charge on any atom is 0.223 e. The molecule has 1 unspecified atom stereocenters. The third kappa shape index (κ3) is 3.72. The average molecular weight is 328 g/mol. The maximum atomic E-state index is 12.6. The molecule has 7 nitrogen and oxygen atoms in total. The first-order valence-electron chi connectivity index (χ1n) is 8.39. The van der Waals surface area contributed by atoms with Crippen molar-refractivity contribution < 1.29 is 4.79 Å².